The van der Waals surface area contributed by atoms with Gasteiger partial charge in [0, 0.05) is 33.8 Å². The smallest absolute Gasteiger partial charge is 0.229 e. The van der Waals surface area contributed by atoms with E-state index in [4.69, 9.17) is 14.7 Å². The zero-order valence-corrected chi connectivity index (χ0v) is 31.3. The molecule has 0 spiro atoms. The highest BCUT2D eigenvalue weighted by molar-refractivity contribution is 7.92. The number of carbonyl (C=O) groups is 1. The highest BCUT2D eigenvalue weighted by Gasteiger charge is 2.33. The Balaban J connectivity index is 1.47. The number of benzene rings is 5. The lowest BCUT2D eigenvalue weighted by atomic mass is 9.72. The highest BCUT2D eigenvalue weighted by Crippen LogP contribution is 2.47. The summed E-state index contributed by atoms with van der Waals surface area (Å²) in [7, 11) is -3.61. The van der Waals surface area contributed by atoms with Crippen LogP contribution in [0.5, 0.6) is 11.5 Å². The lowest BCUT2D eigenvalue weighted by Gasteiger charge is -2.33. The van der Waals surface area contributed by atoms with Crippen LogP contribution in [0.3, 0.4) is 0 Å². The molecule has 8 nitrogen and oxygen atoms in total. The Bertz CT molecular complexity index is 2470. The lowest BCUT2D eigenvalue weighted by molar-refractivity contribution is 0.104. The van der Waals surface area contributed by atoms with Crippen molar-refractivity contribution in [2.75, 3.05) is 16.3 Å². The molecule has 0 radical (unpaired) electrons. The monoisotopic (exact) mass is 710 g/mol. The molecule has 264 valence electrons. The predicted octanol–water partition coefficient (Wildman–Crippen LogP) is 10.4. The zero-order valence-electron chi connectivity index (χ0n) is 30.5. The van der Waals surface area contributed by atoms with Crippen LogP contribution in [0.15, 0.2) is 103 Å². The third kappa shape index (κ3) is 7.01. The predicted molar refractivity (Wildman–Crippen MR) is 210 cm³/mol. The first-order valence-electron chi connectivity index (χ1n) is 17.3. The Morgan fingerprint density at radius 2 is 1.38 bits per heavy atom. The Hall–Kier alpha value is -5.54. The van der Waals surface area contributed by atoms with E-state index >= 15 is 0 Å². The van der Waals surface area contributed by atoms with Crippen molar-refractivity contribution in [3.63, 3.8) is 0 Å². The fourth-order valence-corrected chi connectivity index (χ4v) is 7.90. The van der Waals surface area contributed by atoms with Gasteiger partial charge >= 0.3 is 0 Å². The minimum Gasteiger partial charge on any atom is -0.455 e. The number of para-hydroxylation sites is 1. The third-order valence-corrected chi connectivity index (χ3v) is 9.81. The number of anilines is 3. The van der Waals surface area contributed by atoms with Gasteiger partial charge in [0.2, 0.25) is 10.0 Å². The molecule has 0 fully saturated rings. The molecule has 1 aliphatic rings. The van der Waals surface area contributed by atoms with Gasteiger partial charge in [-0.05, 0) is 66.1 Å². The average Bonchev–Trinajstić information content (AvgIpc) is 3.07. The Kier molecular flexibility index (Phi) is 8.66. The van der Waals surface area contributed by atoms with Crippen molar-refractivity contribution in [3.8, 4) is 34.1 Å². The second-order valence-electron chi connectivity index (χ2n) is 15.4. The van der Waals surface area contributed by atoms with Gasteiger partial charge in [-0.3, -0.25) is 9.52 Å². The number of fused-ring (bicyclic) bond motifs is 2. The molecule has 0 bridgehead atoms. The standard InChI is InChI=1S/C43H42N4O4S/c1-26-16-20-28(21-17-26)44-34-24-35(51-29-22-18-27(19-23-29)43(5,6)25-42(2,3)4)39-37-36(34)40(48)31-13-9-8-12-30(31)38(37)45-41(46-39)32-14-10-11-15-33(32)47-52(7,49)50/h8-24,44,47H,25H2,1-7H3. The van der Waals surface area contributed by atoms with Gasteiger partial charge in [-0.15, -0.1) is 0 Å². The number of carbonyl (C=O) groups excluding carboxylic acids is 1. The van der Waals surface area contributed by atoms with Crippen molar-refractivity contribution in [1.82, 2.24) is 9.97 Å². The molecule has 2 N–H and O–H groups in total. The second kappa shape index (κ2) is 12.9. The number of ketones is 1. The van der Waals surface area contributed by atoms with E-state index in [1.807, 2.05) is 67.6 Å². The summed E-state index contributed by atoms with van der Waals surface area (Å²) in [4.78, 5) is 24.5. The van der Waals surface area contributed by atoms with Crippen molar-refractivity contribution >= 4 is 43.8 Å². The summed E-state index contributed by atoms with van der Waals surface area (Å²) in [6, 6.07) is 32.3. The summed E-state index contributed by atoms with van der Waals surface area (Å²) in [6.45, 7) is 13.3. The highest BCUT2D eigenvalue weighted by atomic mass is 32.2. The van der Waals surface area contributed by atoms with Crippen molar-refractivity contribution < 1.29 is 17.9 Å². The van der Waals surface area contributed by atoms with Crippen molar-refractivity contribution in [2.45, 2.75) is 53.4 Å². The molecule has 1 aliphatic carbocycles. The molecule has 0 atom stereocenters. The van der Waals surface area contributed by atoms with Gasteiger partial charge in [0.1, 0.15) is 11.3 Å². The Labute approximate surface area is 305 Å². The van der Waals surface area contributed by atoms with Crippen LogP contribution in [0.4, 0.5) is 17.1 Å². The molecule has 9 heteroatoms. The quantitative estimate of drug-likeness (QED) is 0.153. The number of sulfonamides is 1. The first kappa shape index (κ1) is 34.9. The third-order valence-electron chi connectivity index (χ3n) is 9.22. The van der Waals surface area contributed by atoms with E-state index in [0.29, 0.717) is 61.7 Å². The van der Waals surface area contributed by atoms with E-state index in [1.165, 1.54) is 5.56 Å². The van der Waals surface area contributed by atoms with Gasteiger partial charge in [0.15, 0.2) is 17.4 Å². The number of aromatic nitrogens is 2. The first-order chi connectivity index (χ1) is 24.6. The first-order valence-corrected chi connectivity index (χ1v) is 19.2. The molecule has 0 aliphatic heterocycles. The van der Waals surface area contributed by atoms with Gasteiger partial charge in [-0.2, -0.15) is 0 Å². The normalized spacial score (nSPS) is 12.8. The van der Waals surface area contributed by atoms with Gasteiger partial charge < -0.3 is 10.1 Å². The van der Waals surface area contributed by atoms with Gasteiger partial charge in [-0.25, -0.2) is 18.4 Å². The minimum atomic E-state index is -3.61. The van der Waals surface area contributed by atoms with Gasteiger partial charge in [0.05, 0.1) is 28.9 Å². The molecule has 0 unspecified atom stereocenters. The average molecular weight is 711 g/mol. The van der Waals surface area contributed by atoms with Crippen LogP contribution < -0.4 is 14.8 Å². The Morgan fingerprint density at radius 3 is 2.04 bits per heavy atom. The van der Waals surface area contributed by atoms with E-state index in [9.17, 15) is 13.2 Å². The summed E-state index contributed by atoms with van der Waals surface area (Å²) in [5, 5.41) is 4.04. The number of hydrogen-bond acceptors (Lipinski definition) is 7. The minimum absolute atomic E-state index is 0.0502. The largest absolute Gasteiger partial charge is 0.455 e. The summed E-state index contributed by atoms with van der Waals surface area (Å²) in [5.74, 6) is 1.15. The number of rotatable bonds is 9. The number of hydrogen-bond donors (Lipinski definition) is 2. The summed E-state index contributed by atoms with van der Waals surface area (Å²) in [5.41, 5.74) is 7.21. The number of ether oxygens (including phenoxy) is 1. The molecule has 6 aromatic rings. The summed E-state index contributed by atoms with van der Waals surface area (Å²) >= 11 is 0. The fourth-order valence-electron chi connectivity index (χ4n) is 7.32. The molecule has 1 aromatic heterocycles. The van der Waals surface area contributed by atoms with Crippen LogP contribution in [-0.2, 0) is 15.4 Å². The van der Waals surface area contributed by atoms with E-state index in [-0.39, 0.29) is 22.4 Å². The van der Waals surface area contributed by atoms with Crippen LogP contribution in [-0.4, -0.2) is 30.4 Å². The van der Waals surface area contributed by atoms with E-state index < -0.39 is 10.0 Å². The number of nitrogens with zero attached hydrogens (tertiary/aromatic N) is 2. The van der Waals surface area contributed by atoms with Crippen LogP contribution in [0.25, 0.3) is 33.5 Å². The van der Waals surface area contributed by atoms with E-state index in [1.54, 1.807) is 30.3 Å². The second-order valence-corrected chi connectivity index (χ2v) is 17.2. The lowest BCUT2D eigenvalue weighted by Crippen LogP contribution is -2.24. The molecule has 52 heavy (non-hydrogen) atoms. The topological polar surface area (TPSA) is 110 Å². The van der Waals surface area contributed by atoms with Crippen LogP contribution in [0.2, 0.25) is 0 Å². The molecule has 0 amide bonds. The SMILES string of the molecule is Cc1ccc(Nc2cc(Oc3ccc(C(C)(C)CC(C)(C)C)cc3)c3nc(-c4ccccc4NS(C)(=O)=O)nc4c3c2C(=O)c2ccccc2-4)cc1. The molecular formula is C43H42N4O4S. The van der Waals surface area contributed by atoms with Crippen molar-refractivity contribution in [2.24, 2.45) is 5.41 Å². The van der Waals surface area contributed by atoms with Crippen molar-refractivity contribution in [1.29, 1.82) is 0 Å². The zero-order chi connectivity index (χ0) is 37.0. The maximum Gasteiger partial charge on any atom is 0.229 e. The van der Waals surface area contributed by atoms with Gasteiger partial charge in [0.25, 0.3) is 0 Å². The maximum absolute atomic E-state index is 14.4. The molecule has 0 saturated carbocycles. The summed E-state index contributed by atoms with van der Waals surface area (Å²) in [6.07, 6.45) is 2.11. The Morgan fingerprint density at radius 1 is 0.750 bits per heavy atom. The van der Waals surface area contributed by atoms with E-state index in [0.717, 1.165) is 23.9 Å². The van der Waals surface area contributed by atoms with Gasteiger partial charge in [-0.1, -0.05) is 101 Å². The van der Waals surface area contributed by atoms with Crippen LogP contribution >= 0.6 is 0 Å². The molecular weight excluding hydrogens is 669 g/mol. The molecule has 1 heterocycles. The number of aryl methyl sites for hydroxylation is 1. The summed E-state index contributed by atoms with van der Waals surface area (Å²) < 4.78 is 34.1. The van der Waals surface area contributed by atoms with E-state index in [2.05, 4.69) is 56.8 Å². The van der Waals surface area contributed by atoms with Crippen molar-refractivity contribution in [3.05, 3.63) is 125 Å². The fraction of sp³-hybridized carbons (Fsp3) is 0.233. The molecule has 5 aromatic carbocycles. The molecule has 7 rings (SSSR count). The molecule has 0 saturated heterocycles. The van der Waals surface area contributed by atoms with Crippen LogP contribution in [0.1, 0.15) is 68.1 Å². The maximum atomic E-state index is 14.4. The number of nitrogens with one attached hydrogen (secondary N) is 2. The van der Waals surface area contributed by atoms with Crippen LogP contribution in [0, 0.1) is 12.3 Å².